The van der Waals surface area contributed by atoms with Gasteiger partial charge in [-0.1, -0.05) is 0 Å². The molecule has 0 aliphatic heterocycles. The van der Waals surface area contributed by atoms with E-state index in [9.17, 15) is 4.39 Å². The molecule has 0 saturated carbocycles. The number of hydrogen-bond donors (Lipinski definition) is 0. The molecule has 2 aromatic rings. The molecule has 0 aliphatic carbocycles. The van der Waals surface area contributed by atoms with Crippen molar-refractivity contribution in [1.82, 2.24) is 9.88 Å². The van der Waals surface area contributed by atoms with Crippen LogP contribution in [0.15, 0.2) is 42.7 Å². The highest BCUT2D eigenvalue weighted by molar-refractivity contribution is 5.33. The van der Waals surface area contributed by atoms with Crippen molar-refractivity contribution < 1.29 is 4.39 Å². The van der Waals surface area contributed by atoms with E-state index in [2.05, 4.69) is 9.88 Å². The Labute approximate surface area is 111 Å². The van der Waals surface area contributed by atoms with Gasteiger partial charge in [0.2, 0.25) is 0 Å². The Bertz CT molecular complexity index is 590. The maximum atomic E-state index is 13.3. The van der Waals surface area contributed by atoms with Crippen LogP contribution in [0.25, 0.3) is 0 Å². The average Bonchev–Trinajstić information content (AvgIpc) is 2.38. The number of rotatable bonds is 4. The van der Waals surface area contributed by atoms with Crippen molar-refractivity contribution in [1.29, 1.82) is 5.26 Å². The zero-order valence-corrected chi connectivity index (χ0v) is 10.7. The lowest BCUT2D eigenvalue weighted by Gasteiger charge is -2.16. The second-order valence-corrected chi connectivity index (χ2v) is 4.49. The zero-order valence-electron chi connectivity index (χ0n) is 10.7. The molecule has 96 valence electrons. The summed E-state index contributed by atoms with van der Waals surface area (Å²) in [5.74, 6) is -0.369. The Morgan fingerprint density at radius 1 is 1.16 bits per heavy atom. The predicted molar refractivity (Wildman–Crippen MR) is 70.5 cm³/mol. The number of pyridine rings is 1. The van der Waals surface area contributed by atoms with Gasteiger partial charge < -0.3 is 0 Å². The van der Waals surface area contributed by atoms with Crippen LogP contribution in [0.4, 0.5) is 4.39 Å². The van der Waals surface area contributed by atoms with Gasteiger partial charge in [0.15, 0.2) is 0 Å². The quantitative estimate of drug-likeness (QED) is 0.843. The summed E-state index contributed by atoms with van der Waals surface area (Å²) in [4.78, 5) is 6.03. The number of nitrogens with zero attached hydrogens (tertiary/aromatic N) is 3. The third kappa shape index (κ3) is 3.87. The summed E-state index contributed by atoms with van der Waals surface area (Å²) in [5, 5.41) is 8.82. The number of hydrogen-bond acceptors (Lipinski definition) is 3. The summed E-state index contributed by atoms with van der Waals surface area (Å²) < 4.78 is 13.3. The van der Waals surface area contributed by atoms with E-state index < -0.39 is 0 Å². The van der Waals surface area contributed by atoms with Gasteiger partial charge in [-0.3, -0.25) is 9.88 Å². The zero-order chi connectivity index (χ0) is 13.7. The second-order valence-electron chi connectivity index (χ2n) is 4.49. The van der Waals surface area contributed by atoms with Crippen LogP contribution in [-0.4, -0.2) is 16.9 Å². The largest absolute Gasteiger partial charge is 0.298 e. The van der Waals surface area contributed by atoms with Gasteiger partial charge in [0.1, 0.15) is 5.82 Å². The van der Waals surface area contributed by atoms with Gasteiger partial charge in [0.05, 0.1) is 11.6 Å². The Morgan fingerprint density at radius 2 is 1.84 bits per heavy atom. The van der Waals surface area contributed by atoms with E-state index in [1.807, 2.05) is 25.2 Å². The standard InChI is InChI=1S/C15H14FN3/c1-19(10-12-2-4-18-5-3-12)11-14-6-13(9-17)7-15(16)8-14/h2-8H,10-11H2,1H3. The van der Waals surface area contributed by atoms with Gasteiger partial charge in [-0.05, 0) is 48.5 Å². The third-order valence-electron chi connectivity index (χ3n) is 2.74. The molecule has 0 N–H and O–H groups in total. The minimum Gasteiger partial charge on any atom is -0.298 e. The fraction of sp³-hybridized carbons (Fsp3) is 0.200. The molecule has 0 atom stereocenters. The first-order chi connectivity index (χ1) is 9.17. The summed E-state index contributed by atoms with van der Waals surface area (Å²) in [5.41, 5.74) is 2.30. The minimum atomic E-state index is -0.369. The average molecular weight is 255 g/mol. The molecule has 19 heavy (non-hydrogen) atoms. The predicted octanol–water partition coefficient (Wildman–Crippen LogP) is 2.72. The number of aromatic nitrogens is 1. The molecule has 0 spiro atoms. The molecule has 2 rings (SSSR count). The highest BCUT2D eigenvalue weighted by Crippen LogP contribution is 2.12. The highest BCUT2D eigenvalue weighted by Gasteiger charge is 2.05. The molecule has 1 heterocycles. The van der Waals surface area contributed by atoms with Crippen LogP contribution >= 0.6 is 0 Å². The maximum Gasteiger partial charge on any atom is 0.124 e. The molecule has 3 nitrogen and oxygen atoms in total. The number of nitriles is 1. The molecule has 0 saturated heterocycles. The van der Waals surface area contributed by atoms with E-state index >= 15 is 0 Å². The minimum absolute atomic E-state index is 0.354. The molecule has 4 heteroatoms. The van der Waals surface area contributed by atoms with E-state index in [0.717, 1.165) is 17.7 Å². The summed E-state index contributed by atoms with van der Waals surface area (Å²) >= 11 is 0. The molecule has 0 radical (unpaired) electrons. The SMILES string of the molecule is CN(Cc1ccncc1)Cc1cc(F)cc(C#N)c1. The van der Waals surface area contributed by atoms with Crippen molar-refractivity contribution >= 4 is 0 Å². The van der Waals surface area contributed by atoms with Crippen LogP contribution in [-0.2, 0) is 13.1 Å². The highest BCUT2D eigenvalue weighted by atomic mass is 19.1. The van der Waals surface area contributed by atoms with Crippen LogP contribution in [0.5, 0.6) is 0 Å². The van der Waals surface area contributed by atoms with E-state index in [1.165, 1.54) is 12.1 Å². The van der Waals surface area contributed by atoms with Gasteiger partial charge in [0.25, 0.3) is 0 Å². The van der Waals surface area contributed by atoms with Gasteiger partial charge in [-0.2, -0.15) is 5.26 Å². The van der Waals surface area contributed by atoms with E-state index in [0.29, 0.717) is 12.1 Å². The molecular weight excluding hydrogens is 241 g/mol. The molecule has 0 fully saturated rings. The fourth-order valence-corrected chi connectivity index (χ4v) is 1.97. The Kier molecular flexibility index (Phi) is 4.22. The Hall–Kier alpha value is -2.25. The van der Waals surface area contributed by atoms with Crippen LogP contribution in [0.3, 0.4) is 0 Å². The fourth-order valence-electron chi connectivity index (χ4n) is 1.97. The van der Waals surface area contributed by atoms with Gasteiger partial charge in [0, 0.05) is 25.5 Å². The molecular formula is C15H14FN3. The second kappa shape index (κ2) is 6.07. The van der Waals surface area contributed by atoms with Crippen molar-refractivity contribution in [2.45, 2.75) is 13.1 Å². The van der Waals surface area contributed by atoms with Crippen LogP contribution in [0.1, 0.15) is 16.7 Å². The van der Waals surface area contributed by atoms with E-state index in [4.69, 9.17) is 5.26 Å². The lowest BCUT2D eigenvalue weighted by atomic mass is 10.1. The normalized spacial score (nSPS) is 10.4. The van der Waals surface area contributed by atoms with Crippen molar-refractivity contribution in [3.8, 4) is 6.07 Å². The first-order valence-corrected chi connectivity index (χ1v) is 5.94. The van der Waals surface area contributed by atoms with E-state index in [-0.39, 0.29) is 5.82 Å². The van der Waals surface area contributed by atoms with Crippen molar-refractivity contribution in [2.24, 2.45) is 0 Å². The molecule has 0 aliphatic rings. The summed E-state index contributed by atoms with van der Waals surface area (Å²) in [6, 6.07) is 10.3. The molecule has 1 aromatic heterocycles. The smallest absolute Gasteiger partial charge is 0.124 e. The first kappa shape index (κ1) is 13.2. The van der Waals surface area contributed by atoms with Crippen LogP contribution in [0, 0.1) is 17.1 Å². The van der Waals surface area contributed by atoms with E-state index in [1.54, 1.807) is 18.5 Å². The number of halogens is 1. The van der Waals surface area contributed by atoms with Gasteiger partial charge in [-0.15, -0.1) is 0 Å². The van der Waals surface area contributed by atoms with Crippen molar-refractivity contribution in [2.75, 3.05) is 7.05 Å². The van der Waals surface area contributed by atoms with Gasteiger partial charge >= 0.3 is 0 Å². The van der Waals surface area contributed by atoms with Crippen molar-refractivity contribution in [3.05, 3.63) is 65.2 Å². The first-order valence-electron chi connectivity index (χ1n) is 5.94. The van der Waals surface area contributed by atoms with Crippen LogP contribution < -0.4 is 0 Å². The van der Waals surface area contributed by atoms with Gasteiger partial charge in [-0.25, -0.2) is 4.39 Å². The summed E-state index contributed by atoms with van der Waals surface area (Å²) in [6.07, 6.45) is 3.50. The molecule has 0 amide bonds. The lowest BCUT2D eigenvalue weighted by molar-refractivity contribution is 0.318. The molecule has 0 unspecified atom stereocenters. The Balaban J connectivity index is 2.05. The maximum absolute atomic E-state index is 13.3. The topological polar surface area (TPSA) is 39.9 Å². The molecule has 1 aromatic carbocycles. The Morgan fingerprint density at radius 3 is 2.53 bits per heavy atom. The molecule has 0 bridgehead atoms. The summed E-state index contributed by atoms with van der Waals surface area (Å²) in [7, 11) is 1.96. The summed E-state index contributed by atoms with van der Waals surface area (Å²) in [6.45, 7) is 1.34. The monoisotopic (exact) mass is 255 g/mol. The van der Waals surface area contributed by atoms with Crippen LogP contribution in [0.2, 0.25) is 0 Å². The lowest BCUT2D eigenvalue weighted by Crippen LogP contribution is -2.17. The van der Waals surface area contributed by atoms with Crippen molar-refractivity contribution in [3.63, 3.8) is 0 Å². The number of benzene rings is 1. The third-order valence-corrected chi connectivity index (χ3v) is 2.74.